The lowest BCUT2D eigenvalue weighted by Crippen LogP contribution is -2.42. The maximum Gasteiger partial charge on any atom is 0.223 e. The fourth-order valence-corrected chi connectivity index (χ4v) is 5.04. The first-order valence-electron chi connectivity index (χ1n) is 12.4. The van der Waals surface area contributed by atoms with Crippen LogP contribution in [0.2, 0.25) is 5.02 Å². The van der Waals surface area contributed by atoms with Gasteiger partial charge in [0, 0.05) is 24.1 Å². The molecule has 2 aromatic carbocycles. The largest absolute Gasteiger partial charge is 0.497 e. The van der Waals surface area contributed by atoms with E-state index < -0.39 is 6.10 Å². The van der Waals surface area contributed by atoms with Crippen LogP contribution in [0.3, 0.4) is 0 Å². The number of nitrogens with zero attached hydrogens (tertiary/aromatic N) is 5. The van der Waals surface area contributed by atoms with Gasteiger partial charge in [-0.2, -0.15) is 0 Å². The van der Waals surface area contributed by atoms with Gasteiger partial charge in [-0.05, 0) is 43.2 Å². The van der Waals surface area contributed by atoms with E-state index in [2.05, 4.69) is 32.0 Å². The van der Waals surface area contributed by atoms with Gasteiger partial charge in [0.05, 0.1) is 65.5 Å². The Morgan fingerprint density at radius 2 is 1.97 bits per heavy atom. The molecule has 5 aromatic rings. The zero-order valence-corrected chi connectivity index (χ0v) is 21.8. The van der Waals surface area contributed by atoms with E-state index >= 15 is 0 Å². The molecule has 0 spiro atoms. The first-order valence-corrected chi connectivity index (χ1v) is 12.8. The zero-order valence-electron chi connectivity index (χ0n) is 21.1. The Kier molecular flexibility index (Phi) is 6.57. The van der Waals surface area contributed by atoms with Crippen molar-refractivity contribution in [1.29, 1.82) is 0 Å². The predicted molar refractivity (Wildman–Crippen MR) is 147 cm³/mol. The van der Waals surface area contributed by atoms with E-state index in [1.807, 2.05) is 43.5 Å². The third kappa shape index (κ3) is 4.64. The number of hydrogen-bond donors (Lipinski definition) is 2. The van der Waals surface area contributed by atoms with Gasteiger partial charge in [0.25, 0.3) is 0 Å². The monoisotopic (exact) mass is 530 g/mol. The van der Waals surface area contributed by atoms with Crippen molar-refractivity contribution < 1.29 is 14.6 Å². The molecule has 0 radical (unpaired) electrons. The number of pyridine rings is 1. The van der Waals surface area contributed by atoms with Crippen LogP contribution in [0.5, 0.6) is 5.75 Å². The number of benzene rings is 2. The molecular formula is C28H27ClN6O3. The van der Waals surface area contributed by atoms with E-state index in [0.29, 0.717) is 36.2 Å². The third-order valence-corrected chi connectivity index (χ3v) is 7.21. The van der Waals surface area contributed by atoms with Crippen LogP contribution in [0, 0.1) is 6.92 Å². The molecule has 6 rings (SSSR count). The lowest BCUT2D eigenvalue weighted by Gasteiger charge is -2.28. The lowest BCUT2D eigenvalue weighted by atomic mass is 10.1. The van der Waals surface area contributed by atoms with Crippen molar-refractivity contribution in [2.24, 2.45) is 0 Å². The first-order chi connectivity index (χ1) is 18.5. The van der Waals surface area contributed by atoms with Gasteiger partial charge in [-0.15, -0.1) is 0 Å². The predicted octanol–water partition coefficient (Wildman–Crippen LogP) is 4.62. The van der Waals surface area contributed by atoms with E-state index in [4.69, 9.17) is 31.0 Å². The number of halogens is 1. The number of aliphatic hydroxyl groups is 1. The van der Waals surface area contributed by atoms with E-state index in [0.717, 1.165) is 44.6 Å². The second-order valence-electron chi connectivity index (χ2n) is 9.39. The molecule has 10 heteroatoms. The topological polar surface area (TPSA) is 107 Å². The van der Waals surface area contributed by atoms with Crippen molar-refractivity contribution in [2.75, 3.05) is 25.6 Å². The summed E-state index contributed by atoms with van der Waals surface area (Å²) >= 11 is 6.55. The summed E-state index contributed by atoms with van der Waals surface area (Å²) in [5.41, 5.74) is 5.23. The number of methoxy groups -OCH3 is 1. The van der Waals surface area contributed by atoms with Gasteiger partial charge in [-0.25, -0.2) is 15.0 Å². The summed E-state index contributed by atoms with van der Waals surface area (Å²) in [6.07, 6.45) is 3.50. The van der Waals surface area contributed by atoms with Crippen molar-refractivity contribution in [2.45, 2.75) is 32.0 Å². The third-order valence-electron chi connectivity index (χ3n) is 6.93. The molecule has 0 amide bonds. The summed E-state index contributed by atoms with van der Waals surface area (Å²) in [7, 11) is 1.66. The summed E-state index contributed by atoms with van der Waals surface area (Å²) in [6, 6.07) is 13.8. The zero-order chi connectivity index (χ0) is 26.2. The Bertz CT molecular complexity index is 1620. The number of imidazole rings is 1. The molecule has 0 unspecified atom stereocenters. The van der Waals surface area contributed by atoms with Gasteiger partial charge in [-0.3, -0.25) is 4.98 Å². The minimum absolute atomic E-state index is 0.184. The minimum atomic E-state index is -0.622. The molecule has 3 aromatic heterocycles. The van der Waals surface area contributed by atoms with Gasteiger partial charge in [-0.1, -0.05) is 29.8 Å². The number of rotatable bonds is 6. The van der Waals surface area contributed by atoms with Gasteiger partial charge in [0.2, 0.25) is 5.95 Å². The van der Waals surface area contributed by atoms with Crippen LogP contribution >= 0.6 is 11.6 Å². The normalized spacial score (nSPS) is 17.7. The van der Waals surface area contributed by atoms with Gasteiger partial charge < -0.3 is 24.5 Å². The van der Waals surface area contributed by atoms with Crippen LogP contribution in [0.1, 0.15) is 17.8 Å². The van der Waals surface area contributed by atoms with Crippen LogP contribution < -0.4 is 10.1 Å². The summed E-state index contributed by atoms with van der Waals surface area (Å²) in [5, 5.41) is 14.8. The molecule has 0 aliphatic carbocycles. The number of nitrogens with one attached hydrogen (secondary N) is 1. The van der Waals surface area contributed by atoms with Crippen molar-refractivity contribution in [3.63, 3.8) is 0 Å². The average Bonchev–Trinajstić information content (AvgIpc) is 3.26. The molecule has 1 fully saturated rings. The lowest BCUT2D eigenvalue weighted by molar-refractivity contribution is -0.0136. The average molecular weight is 531 g/mol. The second-order valence-corrected chi connectivity index (χ2v) is 9.80. The number of fused-ring (bicyclic) bond motifs is 3. The quantitative estimate of drug-likeness (QED) is 0.327. The molecule has 2 N–H and O–H groups in total. The van der Waals surface area contributed by atoms with E-state index in [9.17, 15) is 5.11 Å². The number of aliphatic hydroxyl groups excluding tert-OH is 1. The van der Waals surface area contributed by atoms with Crippen LogP contribution in [-0.2, 0) is 11.3 Å². The molecule has 0 saturated carbocycles. The number of hydrogen-bond acceptors (Lipinski definition) is 8. The number of ether oxygens (including phenoxy) is 2. The number of anilines is 1. The molecule has 1 aliphatic heterocycles. The van der Waals surface area contributed by atoms with Crippen LogP contribution in [-0.4, -0.2) is 62.1 Å². The summed E-state index contributed by atoms with van der Waals surface area (Å²) in [6.45, 7) is 3.54. The molecule has 1 saturated heterocycles. The van der Waals surface area contributed by atoms with E-state index in [1.54, 1.807) is 13.3 Å². The van der Waals surface area contributed by atoms with E-state index in [-0.39, 0.29) is 12.6 Å². The Hall–Kier alpha value is -3.79. The maximum absolute atomic E-state index is 10.2. The standard InChI is InChI=1S/C28H27ClN6O3/c1-16-32-27-20-11-18(26-21(29)12-31-28(34-26)33-23-9-10-38-15-25(23)36)5-8-22(20)30-13-24(27)35(16)14-17-3-6-19(37-2)7-4-17/h3-8,11-13,23,25,36H,9-10,14-15H2,1-2H3,(H,31,33,34)/t23-,25-/m1/s1. The minimum Gasteiger partial charge on any atom is -0.497 e. The molecule has 1 aliphatic rings. The van der Waals surface area contributed by atoms with Crippen LogP contribution in [0.4, 0.5) is 5.95 Å². The SMILES string of the molecule is COc1ccc(Cn2c(C)nc3c4cc(-c5nc(N[C@@H]6CCOC[C@H]6O)ncc5Cl)ccc4ncc32)cc1. The smallest absolute Gasteiger partial charge is 0.223 e. The highest BCUT2D eigenvalue weighted by molar-refractivity contribution is 6.33. The highest BCUT2D eigenvalue weighted by atomic mass is 35.5. The Balaban J connectivity index is 1.37. The molecule has 9 nitrogen and oxygen atoms in total. The Morgan fingerprint density at radius 1 is 1.13 bits per heavy atom. The Labute approximate surface area is 224 Å². The van der Waals surface area contributed by atoms with Crippen molar-refractivity contribution in [3.8, 4) is 17.0 Å². The molecule has 38 heavy (non-hydrogen) atoms. The highest BCUT2D eigenvalue weighted by Gasteiger charge is 2.24. The van der Waals surface area contributed by atoms with E-state index in [1.165, 1.54) is 0 Å². The molecule has 2 atom stereocenters. The first kappa shape index (κ1) is 24.5. The van der Waals surface area contributed by atoms with Crippen LogP contribution in [0.25, 0.3) is 33.2 Å². The molecular weight excluding hydrogens is 504 g/mol. The summed E-state index contributed by atoms with van der Waals surface area (Å²) in [4.78, 5) is 18.6. The van der Waals surface area contributed by atoms with Gasteiger partial charge in [0.15, 0.2) is 0 Å². The molecule has 194 valence electrons. The van der Waals surface area contributed by atoms with Crippen molar-refractivity contribution >= 4 is 39.5 Å². The highest BCUT2D eigenvalue weighted by Crippen LogP contribution is 2.32. The Morgan fingerprint density at radius 3 is 2.76 bits per heavy atom. The maximum atomic E-state index is 10.2. The molecule has 4 heterocycles. The fraction of sp³-hybridized carbons (Fsp3) is 0.286. The second kappa shape index (κ2) is 10.2. The number of aromatic nitrogens is 5. The van der Waals surface area contributed by atoms with Crippen LogP contribution in [0.15, 0.2) is 54.9 Å². The fourth-order valence-electron chi connectivity index (χ4n) is 4.84. The van der Waals surface area contributed by atoms with Crippen molar-refractivity contribution in [1.82, 2.24) is 24.5 Å². The summed E-state index contributed by atoms with van der Waals surface area (Å²) < 4.78 is 12.8. The van der Waals surface area contributed by atoms with Gasteiger partial charge >= 0.3 is 0 Å². The van der Waals surface area contributed by atoms with Crippen molar-refractivity contribution in [3.05, 3.63) is 71.3 Å². The number of aryl methyl sites for hydroxylation is 1. The molecule has 0 bridgehead atoms. The summed E-state index contributed by atoms with van der Waals surface area (Å²) in [5.74, 6) is 2.13. The van der Waals surface area contributed by atoms with Gasteiger partial charge in [0.1, 0.15) is 11.6 Å².